The molecule has 1 saturated heterocycles. The molecule has 1 saturated carbocycles. The quantitative estimate of drug-likeness (QED) is 0.876. The summed E-state index contributed by atoms with van der Waals surface area (Å²) in [4.78, 5) is 0. The molecule has 1 heterocycles. The molecule has 18 heavy (non-hydrogen) atoms. The highest BCUT2D eigenvalue weighted by Crippen LogP contribution is 2.35. The Morgan fingerprint density at radius 2 is 1.94 bits per heavy atom. The SMILES string of the molecule is Cc1cccc(OC2CCCC2)c1C1CCCN1. The average molecular weight is 245 g/mol. The Hall–Kier alpha value is -1.02. The summed E-state index contributed by atoms with van der Waals surface area (Å²) in [5.74, 6) is 1.13. The summed E-state index contributed by atoms with van der Waals surface area (Å²) < 4.78 is 6.26. The Kier molecular flexibility index (Phi) is 3.55. The molecule has 2 nitrogen and oxygen atoms in total. The Bertz CT molecular complexity index is 404. The van der Waals surface area contributed by atoms with Crippen molar-refractivity contribution in [2.24, 2.45) is 0 Å². The highest BCUT2D eigenvalue weighted by Gasteiger charge is 2.24. The molecule has 0 aromatic heterocycles. The molecule has 0 bridgehead atoms. The zero-order valence-corrected chi connectivity index (χ0v) is 11.2. The predicted molar refractivity (Wildman–Crippen MR) is 74.0 cm³/mol. The van der Waals surface area contributed by atoms with Crippen LogP contribution in [0.2, 0.25) is 0 Å². The summed E-state index contributed by atoms with van der Waals surface area (Å²) in [5.41, 5.74) is 2.77. The van der Waals surface area contributed by atoms with Crippen LogP contribution < -0.4 is 10.1 Å². The van der Waals surface area contributed by atoms with Crippen LogP contribution in [0.1, 0.15) is 55.7 Å². The number of ether oxygens (including phenoxy) is 1. The first kappa shape index (κ1) is 12.0. The van der Waals surface area contributed by atoms with Gasteiger partial charge in [0.15, 0.2) is 0 Å². The summed E-state index contributed by atoms with van der Waals surface area (Å²) in [6.07, 6.45) is 8.08. The van der Waals surface area contributed by atoms with Crippen LogP contribution in [0.4, 0.5) is 0 Å². The van der Waals surface area contributed by atoms with Gasteiger partial charge in [-0.15, -0.1) is 0 Å². The maximum Gasteiger partial charge on any atom is 0.124 e. The third-order valence-electron chi connectivity index (χ3n) is 4.29. The van der Waals surface area contributed by atoms with Gasteiger partial charge in [-0.1, -0.05) is 12.1 Å². The van der Waals surface area contributed by atoms with Crippen LogP contribution in [0.3, 0.4) is 0 Å². The number of aryl methyl sites for hydroxylation is 1. The van der Waals surface area contributed by atoms with E-state index in [1.165, 1.54) is 49.7 Å². The van der Waals surface area contributed by atoms with Crippen LogP contribution in [0, 0.1) is 6.92 Å². The number of hydrogen-bond acceptors (Lipinski definition) is 2. The largest absolute Gasteiger partial charge is 0.490 e. The smallest absolute Gasteiger partial charge is 0.124 e. The maximum absolute atomic E-state index is 6.26. The van der Waals surface area contributed by atoms with Gasteiger partial charge in [0.2, 0.25) is 0 Å². The third kappa shape index (κ3) is 2.39. The molecule has 2 heteroatoms. The van der Waals surface area contributed by atoms with Crippen LogP contribution in [0.25, 0.3) is 0 Å². The van der Waals surface area contributed by atoms with Crippen molar-refractivity contribution in [1.29, 1.82) is 0 Å². The van der Waals surface area contributed by atoms with Crippen molar-refractivity contribution >= 4 is 0 Å². The van der Waals surface area contributed by atoms with Gasteiger partial charge in [0.05, 0.1) is 6.10 Å². The van der Waals surface area contributed by atoms with E-state index in [0.717, 1.165) is 12.3 Å². The Morgan fingerprint density at radius 3 is 2.67 bits per heavy atom. The van der Waals surface area contributed by atoms with Crippen molar-refractivity contribution in [3.63, 3.8) is 0 Å². The standard InChI is InChI=1S/C16H23NO/c1-12-6-4-10-15(18-13-7-2-3-8-13)16(12)14-9-5-11-17-14/h4,6,10,13-14,17H,2-3,5,7-9,11H2,1H3. The van der Waals surface area contributed by atoms with Crippen molar-refractivity contribution in [2.45, 2.75) is 57.6 Å². The van der Waals surface area contributed by atoms with Gasteiger partial charge in [0.1, 0.15) is 5.75 Å². The molecule has 3 rings (SSSR count). The molecular weight excluding hydrogens is 222 g/mol. The number of hydrogen-bond donors (Lipinski definition) is 1. The van der Waals surface area contributed by atoms with Crippen LogP contribution in [0.5, 0.6) is 5.75 Å². The minimum Gasteiger partial charge on any atom is -0.490 e. The molecule has 0 amide bonds. The van der Waals surface area contributed by atoms with E-state index in [4.69, 9.17) is 4.74 Å². The number of benzene rings is 1. The first-order valence-electron chi connectivity index (χ1n) is 7.34. The second-order valence-electron chi connectivity index (χ2n) is 5.66. The van der Waals surface area contributed by atoms with Crippen molar-refractivity contribution in [1.82, 2.24) is 5.32 Å². The van der Waals surface area contributed by atoms with E-state index < -0.39 is 0 Å². The molecule has 1 aliphatic carbocycles. The lowest BCUT2D eigenvalue weighted by atomic mass is 9.99. The second-order valence-corrected chi connectivity index (χ2v) is 5.66. The van der Waals surface area contributed by atoms with Gasteiger partial charge >= 0.3 is 0 Å². The summed E-state index contributed by atoms with van der Waals surface area (Å²) in [7, 11) is 0. The summed E-state index contributed by atoms with van der Waals surface area (Å²) >= 11 is 0. The molecule has 1 N–H and O–H groups in total. The van der Waals surface area contributed by atoms with Gasteiger partial charge in [-0.3, -0.25) is 0 Å². The van der Waals surface area contributed by atoms with Gasteiger partial charge in [0.25, 0.3) is 0 Å². The fourth-order valence-electron chi connectivity index (χ4n) is 3.32. The van der Waals surface area contributed by atoms with Crippen LogP contribution in [-0.4, -0.2) is 12.6 Å². The Balaban J connectivity index is 1.84. The van der Waals surface area contributed by atoms with Crippen molar-refractivity contribution < 1.29 is 4.74 Å². The lowest BCUT2D eigenvalue weighted by Crippen LogP contribution is -2.18. The van der Waals surface area contributed by atoms with Crippen molar-refractivity contribution in [3.8, 4) is 5.75 Å². The fourth-order valence-corrected chi connectivity index (χ4v) is 3.32. The summed E-state index contributed by atoms with van der Waals surface area (Å²) in [5, 5.41) is 3.60. The molecule has 0 radical (unpaired) electrons. The molecule has 1 unspecified atom stereocenters. The lowest BCUT2D eigenvalue weighted by Gasteiger charge is -2.21. The monoisotopic (exact) mass is 245 g/mol. The average Bonchev–Trinajstić information content (AvgIpc) is 3.01. The van der Waals surface area contributed by atoms with E-state index in [2.05, 4.69) is 30.4 Å². The number of nitrogens with one attached hydrogen (secondary N) is 1. The van der Waals surface area contributed by atoms with Crippen molar-refractivity contribution in [2.75, 3.05) is 6.54 Å². The fraction of sp³-hybridized carbons (Fsp3) is 0.625. The molecule has 1 aromatic carbocycles. The van der Waals surface area contributed by atoms with Gasteiger partial charge in [-0.05, 0) is 63.6 Å². The van der Waals surface area contributed by atoms with Crippen LogP contribution >= 0.6 is 0 Å². The van der Waals surface area contributed by atoms with E-state index in [1.54, 1.807) is 0 Å². The number of rotatable bonds is 3. The van der Waals surface area contributed by atoms with E-state index in [-0.39, 0.29) is 0 Å². The first-order valence-corrected chi connectivity index (χ1v) is 7.34. The molecule has 2 fully saturated rings. The molecule has 0 spiro atoms. The molecule has 98 valence electrons. The normalized spacial score (nSPS) is 24.6. The van der Waals surface area contributed by atoms with Crippen LogP contribution in [-0.2, 0) is 0 Å². The summed E-state index contributed by atoms with van der Waals surface area (Å²) in [6.45, 7) is 3.35. The Morgan fingerprint density at radius 1 is 1.11 bits per heavy atom. The molecule has 2 aliphatic rings. The molecular formula is C16H23NO. The lowest BCUT2D eigenvalue weighted by molar-refractivity contribution is 0.206. The van der Waals surface area contributed by atoms with E-state index in [0.29, 0.717) is 12.1 Å². The van der Waals surface area contributed by atoms with Gasteiger partial charge in [-0.2, -0.15) is 0 Å². The Labute approximate surface area is 110 Å². The topological polar surface area (TPSA) is 21.3 Å². The van der Waals surface area contributed by atoms with E-state index in [1.807, 2.05) is 0 Å². The third-order valence-corrected chi connectivity index (χ3v) is 4.29. The molecule has 1 aliphatic heterocycles. The molecule has 1 atom stereocenters. The van der Waals surface area contributed by atoms with E-state index in [9.17, 15) is 0 Å². The van der Waals surface area contributed by atoms with Gasteiger partial charge < -0.3 is 10.1 Å². The molecule has 1 aromatic rings. The predicted octanol–water partition coefficient (Wildman–Crippen LogP) is 3.74. The zero-order valence-electron chi connectivity index (χ0n) is 11.2. The highest BCUT2D eigenvalue weighted by atomic mass is 16.5. The minimum absolute atomic E-state index is 0.451. The maximum atomic E-state index is 6.26. The summed E-state index contributed by atoms with van der Waals surface area (Å²) in [6, 6.07) is 6.98. The van der Waals surface area contributed by atoms with Crippen LogP contribution in [0.15, 0.2) is 18.2 Å². The van der Waals surface area contributed by atoms with Gasteiger partial charge in [0, 0.05) is 11.6 Å². The van der Waals surface area contributed by atoms with E-state index >= 15 is 0 Å². The highest BCUT2D eigenvalue weighted by molar-refractivity contribution is 5.42. The minimum atomic E-state index is 0.451. The zero-order chi connectivity index (χ0) is 12.4. The van der Waals surface area contributed by atoms with Crippen molar-refractivity contribution in [3.05, 3.63) is 29.3 Å². The van der Waals surface area contributed by atoms with Gasteiger partial charge in [-0.25, -0.2) is 0 Å². The second kappa shape index (κ2) is 5.31. The first-order chi connectivity index (χ1) is 8.84.